The van der Waals surface area contributed by atoms with Gasteiger partial charge in [-0.1, -0.05) is 6.92 Å². The monoisotopic (exact) mass is 309 g/mol. The zero-order valence-electron chi connectivity index (χ0n) is 11.8. The highest BCUT2D eigenvalue weighted by Crippen LogP contribution is 2.19. The van der Waals surface area contributed by atoms with Crippen LogP contribution in [0.5, 0.6) is 0 Å². The number of esters is 1. The Labute approximate surface area is 127 Å². The van der Waals surface area contributed by atoms with Gasteiger partial charge in [0.15, 0.2) is 0 Å². The minimum absolute atomic E-state index is 0.183. The molecule has 0 aliphatic carbocycles. The summed E-state index contributed by atoms with van der Waals surface area (Å²) in [6.07, 6.45) is 1.45. The predicted octanol–water partition coefficient (Wildman–Crippen LogP) is 3.38. The van der Waals surface area contributed by atoms with Gasteiger partial charge in [-0.25, -0.2) is 0 Å². The fourth-order valence-corrected chi connectivity index (χ4v) is 3.88. The van der Waals surface area contributed by atoms with Gasteiger partial charge in [0.25, 0.3) is 0 Å². The SMILES string of the molecule is CCc1ccsc1CNCc1ccc(CC(=O)OC)s1. The third-order valence-corrected chi connectivity index (χ3v) is 5.12. The maximum atomic E-state index is 11.2. The third kappa shape index (κ3) is 4.16. The number of methoxy groups -OCH3 is 1. The summed E-state index contributed by atoms with van der Waals surface area (Å²) >= 11 is 3.47. The van der Waals surface area contributed by atoms with E-state index >= 15 is 0 Å². The van der Waals surface area contributed by atoms with E-state index in [4.69, 9.17) is 0 Å². The van der Waals surface area contributed by atoms with Crippen molar-refractivity contribution in [1.29, 1.82) is 0 Å². The molecule has 3 nitrogen and oxygen atoms in total. The molecule has 0 fully saturated rings. The molecule has 2 rings (SSSR count). The first-order chi connectivity index (χ1) is 9.72. The summed E-state index contributed by atoms with van der Waals surface area (Å²) in [4.78, 5) is 14.9. The van der Waals surface area contributed by atoms with Gasteiger partial charge < -0.3 is 10.1 Å². The summed E-state index contributed by atoms with van der Waals surface area (Å²) in [5, 5.41) is 5.61. The molecule has 0 saturated heterocycles. The highest BCUT2D eigenvalue weighted by atomic mass is 32.1. The molecule has 0 aromatic carbocycles. The van der Waals surface area contributed by atoms with E-state index in [0.29, 0.717) is 6.42 Å². The largest absolute Gasteiger partial charge is 0.469 e. The number of rotatable bonds is 7. The lowest BCUT2D eigenvalue weighted by molar-refractivity contribution is -0.139. The van der Waals surface area contributed by atoms with E-state index in [9.17, 15) is 4.79 Å². The molecule has 0 aliphatic heterocycles. The molecule has 0 bridgehead atoms. The summed E-state index contributed by atoms with van der Waals surface area (Å²) in [7, 11) is 1.42. The number of hydrogen-bond acceptors (Lipinski definition) is 5. The molecule has 20 heavy (non-hydrogen) atoms. The lowest BCUT2D eigenvalue weighted by atomic mass is 10.2. The molecule has 0 spiro atoms. The fraction of sp³-hybridized carbons (Fsp3) is 0.400. The van der Waals surface area contributed by atoms with Crippen LogP contribution in [-0.2, 0) is 35.5 Å². The Morgan fingerprint density at radius 2 is 2.05 bits per heavy atom. The predicted molar refractivity (Wildman–Crippen MR) is 84.3 cm³/mol. The second-order valence-electron chi connectivity index (χ2n) is 4.45. The van der Waals surface area contributed by atoms with Gasteiger partial charge in [-0.05, 0) is 35.6 Å². The molecule has 0 radical (unpaired) electrons. The number of carbonyl (C=O) groups is 1. The van der Waals surface area contributed by atoms with Gasteiger partial charge in [-0.15, -0.1) is 22.7 Å². The zero-order chi connectivity index (χ0) is 14.4. The van der Waals surface area contributed by atoms with Crippen LogP contribution in [0.2, 0.25) is 0 Å². The van der Waals surface area contributed by atoms with Crippen LogP contribution in [0.4, 0.5) is 0 Å². The third-order valence-electron chi connectivity index (χ3n) is 3.07. The second-order valence-corrected chi connectivity index (χ2v) is 6.70. The van der Waals surface area contributed by atoms with Gasteiger partial charge in [0.05, 0.1) is 13.5 Å². The molecule has 2 aromatic heterocycles. The van der Waals surface area contributed by atoms with Gasteiger partial charge in [-0.3, -0.25) is 4.79 Å². The Balaban J connectivity index is 1.81. The Morgan fingerprint density at radius 1 is 1.25 bits per heavy atom. The smallest absolute Gasteiger partial charge is 0.310 e. The molecule has 0 unspecified atom stereocenters. The summed E-state index contributed by atoms with van der Waals surface area (Å²) in [5.41, 5.74) is 1.43. The molecule has 5 heteroatoms. The molecule has 0 atom stereocenters. The number of nitrogens with one attached hydrogen (secondary N) is 1. The van der Waals surface area contributed by atoms with Crippen LogP contribution in [0.15, 0.2) is 23.6 Å². The van der Waals surface area contributed by atoms with Crippen molar-refractivity contribution in [3.05, 3.63) is 43.8 Å². The topological polar surface area (TPSA) is 38.3 Å². The number of ether oxygens (including phenoxy) is 1. The van der Waals surface area contributed by atoms with E-state index in [1.807, 2.05) is 6.07 Å². The highest BCUT2D eigenvalue weighted by molar-refractivity contribution is 7.12. The normalized spacial score (nSPS) is 10.7. The van der Waals surface area contributed by atoms with Crippen molar-refractivity contribution < 1.29 is 9.53 Å². The summed E-state index contributed by atoms with van der Waals surface area (Å²) < 4.78 is 4.67. The summed E-state index contributed by atoms with van der Waals surface area (Å²) in [6.45, 7) is 3.93. The van der Waals surface area contributed by atoms with E-state index in [0.717, 1.165) is 24.4 Å². The molecule has 1 N–H and O–H groups in total. The molecular formula is C15H19NO2S2. The van der Waals surface area contributed by atoms with E-state index in [1.54, 1.807) is 22.7 Å². The molecule has 2 heterocycles. The average molecular weight is 309 g/mol. The second kappa shape index (κ2) is 7.57. The lowest BCUT2D eigenvalue weighted by Crippen LogP contribution is -2.11. The first-order valence-corrected chi connectivity index (χ1v) is 8.33. The van der Waals surface area contributed by atoms with Crippen molar-refractivity contribution in [2.45, 2.75) is 32.9 Å². The molecule has 0 saturated carbocycles. The summed E-state index contributed by atoms with van der Waals surface area (Å²) in [6, 6.07) is 6.27. The standard InChI is InChI=1S/C15H19NO2S2/c1-3-11-6-7-19-14(11)10-16-9-13-5-4-12(20-13)8-15(17)18-2/h4-7,16H,3,8-10H2,1-2H3. The average Bonchev–Trinajstić information content (AvgIpc) is 3.08. The van der Waals surface area contributed by atoms with Crippen LogP contribution in [0.25, 0.3) is 0 Å². The maximum Gasteiger partial charge on any atom is 0.310 e. The number of hydrogen-bond donors (Lipinski definition) is 1. The van der Waals surface area contributed by atoms with Crippen LogP contribution in [0.3, 0.4) is 0 Å². The molecule has 2 aromatic rings. The van der Waals surface area contributed by atoms with Crippen LogP contribution in [0, 0.1) is 0 Å². The van der Waals surface area contributed by atoms with Crippen LogP contribution < -0.4 is 5.32 Å². The first kappa shape index (κ1) is 15.2. The van der Waals surface area contributed by atoms with Crippen molar-refractivity contribution >= 4 is 28.6 Å². The number of aryl methyl sites for hydroxylation is 1. The molecule has 0 aliphatic rings. The minimum atomic E-state index is -0.183. The zero-order valence-corrected chi connectivity index (χ0v) is 13.4. The Bertz CT molecular complexity index is 560. The van der Waals surface area contributed by atoms with Gasteiger partial charge in [-0.2, -0.15) is 0 Å². The van der Waals surface area contributed by atoms with Gasteiger partial charge in [0.2, 0.25) is 0 Å². The van der Waals surface area contributed by atoms with Crippen LogP contribution in [-0.4, -0.2) is 13.1 Å². The van der Waals surface area contributed by atoms with E-state index in [-0.39, 0.29) is 5.97 Å². The summed E-state index contributed by atoms with van der Waals surface area (Å²) in [5.74, 6) is -0.183. The highest BCUT2D eigenvalue weighted by Gasteiger charge is 2.07. The Morgan fingerprint density at radius 3 is 2.80 bits per heavy atom. The minimum Gasteiger partial charge on any atom is -0.469 e. The Hall–Kier alpha value is -1.17. The van der Waals surface area contributed by atoms with Crippen molar-refractivity contribution in [2.24, 2.45) is 0 Å². The van der Waals surface area contributed by atoms with Crippen LogP contribution >= 0.6 is 22.7 Å². The van der Waals surface area contributed by atoms with Crippen molar-refractivity contribution in [3.8, 4) is 0 Å². The Kier molecular flexibility index (Phi) is 5.76. The van der Waals surface area contributed by atoms with E-state index in [2.05, 4.69) is 34.5 Å². The van der Waals surface area contributed by atoms with Gasteiger partial charge in [0, 0.05) is 27.7 Å². The van der Waals surface area contributed by atoms with Crippen LogP contribution in [0.1, 0.15) is 27.1 Å². The maximum absolute atomic E-state index is 11.2. The fourth-order valence-electron chi connectivity index (χ4n) is 1.96. The van der Waals surface area contributed by atoms with Gasteiger partial charge >= 0.3 is 5.97 Å². The van der Waals surface area contributed by atoms with Gasteiger partial charge in [0.1, 0.15) is 0 Å². The van der Waals surface area contributed by atoms with E-state index in [1.165, 1.54) is 22.4 Å². The molecular weight excluding hydrogens is 290 g/mol. The van der Waals surface area contributed by atoms with E-state index < -0.39 is 0 Å². The first-order valence-electron chi connectivity index (χ1n) is 6.63. The van der Waals surface area contributed by atoms with Crippen molar-refractivity contribution in [1.82, 2.24) is 5.32 Å². The van der Waals surface area contributed by atoms with Crippen molar-refractivity contribution in [2.75, 3.05) is 7.11 Å². The quantitative estimate of drug-likeness (QED) is 0.797. The molecule has 108 valence electrons. The molecule has 0 amide bonds. The lowest BCUT2D eigenvalue weighted by Gasteiger charge is -2.03. The number of thiophene rings is 2. The van der Waals surface area contributed by atoms with Crippen molar-refractivity contribution in [3.63, 3.8) is 0 Å². The number of carbonyl (C=O) groups excluding carboxylic acids is 1.